The first-order valence-corrected chi connectivity index (χ1v) is 10.7. The first-order valence-electron chi connectivity index (χ1n) is 9.47. The standard InChI is InChI=1S/C20H23ClN2O4S/c1-13-18(28-17(22-13)12-27-16-4-2-15(21)3-5-16)19(24)23-8-6-14(7-9-23)20-25-10-11-26-20/h2-5,14,20H,6-12H2,1H3. The Bertz CT molecular complexity index is 812. The minimum absolute atomic E-state index is 0.0550. The second kappa shape index (κ2) is 8.78. The fourth-order valence-corrected chi connectivity index (χ4v) is 4.63. The second-order valence-corrected chi connectivity index (χ2v) is 8.52. The van der Waals surface area contributed by atoms with Gasteiger partial charge in [0, 0.05) is 24.0 Å². The Morgan fingerprint density at radius 3 is 2.61 bits per heavy atom. The summed E-state index contributed by atoms with van der Waals surface area (Å²) in [5, 5.41) is 1.46. The molecule has 0 unspecified atom stereocenters. The van der Waals surface area contributed by atoms with Crippen LogP contribution in [0.3, 0.4) is 0 Å². The number of thiazole rings is 1. The van der Waals surface area contributed by atoms with E-state index in [-0.39, 0.29) is 12.2 Å². The van der Waals surface area contributed by atoms with E-state index < -0.39 is 0 Å². The molecule has 0 N–H and O–H groups in total. The first-order chi connectivity index (χ1) is 13.6. The summed E-state index contributed by atoms with van der Waals surface area (Å²) in [5.74, 6) is 1.15. The molecule has 0 bridgehead atoms. The van der Waals surface area contributed by atoms with Crippen molar-refractivity contribution in [1.82, 2.24) is 9.88 Å². The Kier molecular flexibility index (Phi) is 6.16. The van der Waals surface area contributed by atoms with E-state index in [9.17, 15) is 4.79 Å². The number of aryl methyl sites for hydroxylation is 1. The summed E-state index contributed by atoms with van der Waals surface area (Å²) in [6, 6.07) is 7.20. The molecule has 2 aliphatic rings. The van der Waals surface area contributed by atoms with Crippen LogP contribution < -0.4 is 4.74 Å². The van der Waals surface area contributed by atoms with E-state index in [1.165, 1.54) is 11.3 Å². The van der Waals surface area contributed by atoms with E-state index in [1.54, 1.807) is 12.1 Å². The van der Waals surface area contributed by atoms with Crippen molar-refractivity contribution < 1.29 is 19.0 Å². The number of aromatic nitrogens is 1. The van der Waals surface area contributed by atoms with E-state index >= 15 is 0 Å². The molecule has 0 atom stereocenters. The van der Waals surface area contributed by atoms with Crippen LogP contribution in [0.1, 0.15) is 33.2 Å². The third-order valence-electron chi connectivity index (χ3n) is 5.07. The monoisotopic (exact) mass is 422 g/mol. The number of amides is 1. The Balaban J connectivity index is 1.33. The largest absolute Gasteiger partial charge is 0.486 e. The lowest BCUT2D eigenvalue weighted by atomic mass is 9.96. The van der Waals surface area contributed by atoms with Crippen LogP contribution in [-0.2, 0) is 16.1 Å². The molecule has 0 aliphatic carbocycles. The Labute approximate surface area is 173 Å². The summed E-state index contributed by atoms with van der Waals surface area (Å²) in [4.78, 5) is 20.1. The fraction of sp³-hybridized carbons (Fsp3) is 0.500. The first kappa shape index (κ1) is 19.6. The number of carbonyl (C=O) groups is 1. The number of rotatable bonds is 5. The Morgan fingerprint density at radius 2 is 1.93 bits per heavy atom. The quantitative estimate of drug-likeness (QED) is 0.731. The maximum absolute atomic E-state index is 13.0. The van der Waals surface area contributed by atoms with Gasteiger partial charge in [0.25, 0.3) is 5.91 Å². The van der Waals surface area contributed by atoms with Crippen LogP contribution in [-0.4, -0.2) is 48.4 Å². The van der Waals surface area contributed by atoms with Gasteiger partial charge in [0.1, 0.15) is 22.2 Å². The molecular formula is C20H23ClN2O4S. The SMILES string of the molecule is Cc1nc(COc2ccc(Cl)cc2)sc1C(=O)N1CCC(C2OCCO2)CC1. The predicted octanol–water partition coefficient (Wildman–Crippen LogP) is 3.91. The zero-order valence-corrected chi connectivity index (χ0v) is 17.3. The average molecular weight is 423 g/mol. The minimum atomic E-state index is -0.0981. The summed E-state index contributed by atoms with van der Waals surface area (Å²) in [6.07, 6.45) is 1.71. The number of benzene rings is 1. The van der Waals surface area contributed by atoms with Crippen LogP contribution in [0.15, 0.2) is 24.3 Å². The van der Waals surface area contributed by atoms with Gasteiger partial charge in [-0.25, -0.2) is 4.98 Å². The molecule has 2 fully saturated rings. The highest BCUT2D eigenvalue weighted by Crippen LogP contribution is 2.28. The van der Waals surface area contributed by atoms with Gasteiger partial charge in [-0.05, 0) is 44.0 Å². The average Bonchev–Trinajstić information content (AvgIpc) is 3.37. The molecule has 0 saturated carbocycles. The third-order valence-corrected chi connectivity index (χ3v) is 6.44. The maximum atomic E-state index is 13.0. The van der Waals surface area contributed by atoms with Gasteiger partial charge in [-0.1, -0.05) is 11.6 Å². The summed E-state index contributed by atoms with van der Waals surface area (Å²) in [7, 11) is 0. The van der Waals surface area contributed by atoms with Gasteiger partial charge in [0.2, 0.25) is 0 Å². The van der Waals surface area contributed by atoms with Crippen molar-refractivity contribution in [3.8, 4) is 5.75 Å². The van der Waals surface area contributed by atoms with Crippen LogP contribution in [0.5, 0.6) is 5.75 Å². The van der Waals surface area contributed by atoms with Gasteiger partial charge in [-0.2, -0.15) is 0 Å². The second-order valence-electron chi connectivity index (χ2n) is 7.00. The summed E-state index contributed by atoms with van der Waals surface area (Å²) in [5.41, 5.74) is 0.759. The lowest BCUT2D eigenvalue weighted by molar-refractivity contribution is -0.0956. The van der Waals surface area contributed by atoms with Crippen LogP contribution in [0.2, 0.25) is 5.02 Å². The Hall–Kier alpha value is -1.67. The molecule has 6 nitrogen and oxygen atoms in total. The van der Waals surface area contributed by atoms with Crippen molar-refractivity contribution in [3.05, 3.63) is 44.9 Å². The van der Waals surface area contributed by atoms with Crippen LogP contribution in [0, 0.1) is 12.8 Å². The molecule has 1 aromatic carbocycles. The van der Waals surface area contributed by atoms with E-state index in [2.05, 4.69) is 4.98 Å². The molecule has 2 aliphatic heterocycles. The molecule has 2 aromatic rings. The fourth-order valence-electron chi connectivity index (χ4n) is 3.56. The van der Waals surface area contributed by atoms with E-state index in [1.807, 2.05) is 24.0 Å². The summed E-state index contributed by atoms with van der Waals surface area (Å²) in [6.45, 7) is 5.00. The van der Waals surface area contributed by atoms with Gasteiger partial charge in [0.15, 0.2) is 6.29 Å². The number of halogens is 1. The lowest BCUT2D eigenvalue weighted by Gasteiger charge is -2.33. The molecule has 150 valence electrons. The third kappa shape index (κ3) is 4.49. The van der Waals surface area contributed by atoms with Crippen molar-refractivity contribution in [1.29, 1.82) is 0 Å². The number of hydrogen-bond donors (Lipinski definition) is 0. The molecule has 1 aromatic heterocycles. The number of nitrogens with zero attached hydrogens (tertiary/aromatic N) is 2. The van der Waals surface area contributed by atoms with Gasteiger partial charge < -0.3 is 19.1 Å². The molecule has 28 heavy (non-hydrogen) atoms. The highest BCUT2D eigenvalue weighted by atomic mass is 35.5. The molecular weight excluding hydrogens is 400 g/mol. The van der Waals surface area contributed by atoms with Gasteiger partial charge >= 0.3 is 0 Å². The molecule has 3 heterocycles. The number of ether oxygens (including phenoxy) is 3. The van der Waals surface area contributed by atoms with Crippen molar-refractivity contribution in [2.75, 3.05) is 26.3 Å². The van der Waals surface area contributed by atoms with E-state index in [0.717, 1.165) is 42.4 Å². The number of likely N-dealkylation sites (tertiary alicyclic amines) is 1. The minimum Gasteiger partial charge on any atom is -0.486 e. The van der Waals surface area contributed by atoms with E-state index in [4.69, 9.17) is 25.8 Å². The number of piperidine rings is 1. The maximum Gasteiger partial charge on any atom is 0.265 e. The lowest BCUT2D eigenvalue weighted by Crippen LogP contribution is -2.41. The number of hydrogen-bond acceptors (Lipinski definition) is 6. The predicted molar refractivity (Wildman–Crippen MR) is 107 cm³/mol. The molecule has 0 spiro atoms. The van der Waals surface area contributed by atoms with Crippen molar-refractivity contribution >= 4 is 28.8 Å². The zero-order valence-electron chi connectivity index (χ0n) is 15.7. The van der Waals surface area contributed by atoms with Crippen molar-refractivity contribution in [2.24, 2.45) is 5.92 Å². The Morgan fingerprint density at radius 1 is 1.25 bits per heavy atom. The molecule has 8 heteroatoms. The van der Waals surface area contributed by atoms with Gasteiger partial charge in [-0.3, -0.25) is 4.79 Å². The van der Waals surface area contributed by atoms with Gasteiger partial charge in [0.05, 0.1) is 18.9 Å². The highest BCUT2D eigenvalue weighted by Gasteiger charge is 2.32. The zero-order chi connectivity index (χ0) is 19.5. The number of carbonyl (C=O) groups excluding carboxylic acids is 1. The summed E-state index contributed by atoms with van der Waals surface area (Å²) >= 11 is 7.29. The molecule has 4 rings (SSSR count). The van der Waals surface area contributed by atoms with Crippen LogP contribution in [0.4, 0.5) is 0 Å². The highest BCUT2D eigenvalue weighted by molar-refractivity contribution is 7.13. The molecule has 0 radical (unpaired) electrons. The van der Waals surface area contributed by atoms with E-state index in [0.29, 0.717) is 35.6 Å². The van der Waals surface area contributed by atoms with Crippen LogP contribution in [0.25, 0.3) is 0 Å². The molecule has 2 saturated heterocycles. The smallest absolute Gasteiger partial charge is 0.265 e. The van der Waals surface area contributed by atoms with Crippen molar-refractivity contribution in [3.63, 3.8) is 0 Å². The summed E-state index contributed by atoms with van der Waals surface area (Å²) < 4.78 is 17.0. The van der Waals surface area contributed by atoms with Crippen molar-refractivity contribution in [2.45, 2.75) is 32.7 Å². The van der Waals surface area contributed by atoms with Crippen LogP contribution >= 0.6 is 22.9 Å². The molecule has 1 amide bonds. The van der Waals surface area contributed by atoms with Gasteiger partial charge in [-0.15, -0.1) is 11.3 Å². The normalized spacial score (nSPS) is 18.6. The topological polar surface area (TPSA) is 60.9 Å².